The molecule has 1 amide bonds. The van der Waals surface area contributed by atoms with Crippen LogP contribution >= 0.6 is 0 Å². The van der Waals surface area contributed by atoms with E-state index >= 15 is 0 Å². The van der Waals surface area contributed by atoms with Crippen molar-refractivity contribution in [3.05, 3.63) is 12.2 Å². The molecule has 0 heterocycles. The van der Waals surface area contributed by atoms with E-state index in [1.165, 1.54) is 6.42 Å². The lowest BCUT2D eigenvalue weighted by Crippen LogP contribution is -2.09. The highest BCUT2D eigenvalue weighted by molar-refractivity contribution is 5.73. The number of hydrogen-bond donors (Lipinski definition) is 1. The Morgan fingerprint density at radius 3 is 2.69 bits per heavy atom. The summed E-state index contributed by atoms with van der Waals surface area (Å²) in [5, 5.41) is 0. The molecule has 2 heteroatoms. The molecular formula is C11H21NO. The van der Waals surface area contributed by atoms with Crippen molar-refractivity contribution < 1.29 is 4.79 Å². The van der Waals surface area contributed by atoms with E-state index in [9.17, 15) is 4.79 Å². The number of primary amides is 1. The monoisotopic (exact) mass is 183 g/mol. The molecule has 0 aliphatic rings. The number of carbonyl (C=O) groups excluding carboxylic acids is 1. The molecule has 0 aliphatic carbocycles. The van der Waals surface area contributed by atoms with E-state index in [0.29, 0.717) is 12.3 Å². The van der Waals surface area contributed by atoms with Crippen LogP contribution in [0.5, 0.6) is 0 Å². The zero-order chi connectivity index (χ0) is 10.1. The second kappa shape index (κ2) is 7.84. The van der Waals surface area contributed by atoms with Gasteiger partial charge >= 0.3 is 0 Å². The standard InChI is InChI=1S/C11H21NO/c1-3-10(2)8-6-4-5-7-9-11(12)13/h6,8,10H,3-5,7,9H2,1-2H3,(H2,12,13)/b8-6+. The summed E-state index contributed by atoms with van der Waals surface area (Å²) in [4.78, 5) is 10.4. The van der Waals surface area contributed by atoms with Gasteiger partial charge in [0.25, 0.3) is 0 Å². The molecule has 76 valence electrons. The summed E-state index contributed by atoms with van der Waals surface area (Å²) in [6.45, 7) is 4.39. The number of rotatable bonds is 7. The zero-order valence-electron chi connectivity index (χ0n) is 8.75. The summed E-state index contributed by atoms with van der Waals surface area (Å²) in [5.74, 6) is 0.488. The number of unbranched alkanes of at least 4 members (excludes halogenated alkanes) is 2. The molecular weight excluding hydrogens is 162 g/mol. The van der Waals surface area contributed by atoms with Gasteiger partial charge in [-0.25, -0.2) is 0 Å². The Balaban J connectivity index is 3.25. The average molecular weight is 183 g/mol. The highest BCUT2D eigenvalue weighted by Crippen LogP contribution is 2.05. The molecule has 0 bridgehead atoms. The minimum absolute atomic E-state index is 0.189. The highest BCUT2D eigenvalue weighted by atomic mass is 16.1. The molecule has 1 atom stereocenters. The first kappa shape index (κ1) is 12.2. The SMILES string of the molecule is CCC(C)/C=C/CCCCC(N)=O. The molecule has 0 saturated heterocycles. The van der Waals surface area contributed by atoms with Crippen LogP contribution in [0.25, 0.3) is 0 Å². The Morgan fingerprint density at radius 1 is 1.46 bits per heavy atom. The third-order valence-corrected chi connectivity index (χ3v) is 2.15. The van der Waals surface area contributed by atoms with Crippen LogP contribution in [-0.4, -0.2) is 5.91 Å². The van der Waals surface area contributed by atoms with Gasteiger partial charge in [-0.1, -0.05) is 32.4 Å². The van der Waals surface area contributed by atoms with Crippen molar-refractivity contribution in [2.24, 2.45) is 11.7 Å². The summed E-state index contributed by atoms with van der Waals surface area (Å²) in [6, 6.07) is 0. The predicted octanol–water partition coefficient (Wildman–Crippen LogP) is 2.63. The van der Waals surface area contributed by atoms with Crippen LogP contribution in [0.4, 0.5) is 0 Å². The second-order valence-electron chi connectivity index (χ2n) is 3.53. The fraction of sp³-hybridized carbons (Fsp3) is 0.727. The maximum atomic E-state index is 10.4. The topological polar surface area (TPSA) is 43.1 Å². The lowest BCUT2D eigenvalue weighted by molar-refractivity contribution is -0.118. The fourth-order valence-electron chi connectivity index (χ4n) is 1.03. The summed E-state index contributed by atoms with van der Waals surface area (Å²) < 4.78 is 0. The number of allylic oxidation sites excluding steroid dienone is 2. The van der Waals surface area contributed by atoms with E-state index in [0.717, 1.165) is 19.3 Å². The maximum absolute atomic E-state index is 10.4. The number of nitrogens with two attached hydrogens (primary N) is 1. The average Bonchev–Trinajstić information content (AvgIpc) is 2.10. The van der Waals surface area contributed by atoms with E-state index in [1.807, 2.05) is 0 Å². The predicted molar refractivity (Wildman–Crippen MR) is 56.3 cm³/mol. The van der Waals surface area contributed by atoms with Gasteiger partial charge in [0.2, 0.25) is 5.91 Å². The molecule has 0 radical (unpaired) electrons. The Morgan fingerprint density at radius 2 is 2.15 bits per heavy atom. The van der Waals surface area contributed by atoms with Gasteiger partial charge in [-0.3, -0.25) is 4.79 Å². The van der Waals surface area contributed by atoms with Crippen LogP contribution in [-0.2, 0) is 4.79 Å². The minimum Gasteiger partial charge on any atom is -0.370 e. The van der Waals surface area contributed by atoms with Gasteiger partial charge in [-0.05, 0) is 25.2 Å². The van der Waals surface area contributed by atoms with Gasteiger partial charge in [0.1, 0.15) is 0 Å². The first-order valence-corrected chi connectivity index (χ1v) is 5.11. The van der Waals surface area contributed by atoms with Crippen molar-refractivity contribution in [1.29, 1.82) is 0 Å². The van der Waals surface area contributed by atoms with Gasteiger partial charge in [0.15, 0.2) is 0 Å². The smallest absolute Gasteiger partial charge is 0.217 e. The summed E-state index contributed by atoms with van der Waals surface area (Å²) in [5.41, 5.74) is 5.02. The molecule has 0 aromatic heterocycles. The minimum atomic E-state index is -0.189. The van der Waals surface area contributed by atoms with Crippen LogP contribution in [0.15, 0.2) is 12.2 Å². The Bertz CT molecular complexity index is 163. The normalized spacial score (nSPS) is 13.4. The number of hydrogen-bond acceptors (Lipinski definition) is 1. The van der Waals surface area contributed by atoms with Crippen molar-refractivity contribution in [3.63, 3.8) is 0 Å². The molecule has 0 spiro atoms. The van der Waals surface area contributed by atoms with Gasteiger partial charge in [-0.2, -0.15) is 0 Å². The molecule has 0 fully saturated rings. The largest absolute Gasteiger partial charge is 0.370 e. The molecule has 2 nitrogen and oxygen atoms in total. The quantitative estimate of drug-likeness (QED) is 0.478. The summed E-state index contributed by atoms with van der Waals surface area (Å²) >= 11 is 0. The van der Waals surface area contributed by atoms with Crippen LogP contribution in [0.1, 0.15) is 46.0 Å². The van der Waals surface area contributed by atoms with Crippen molar-refractivity contribution >= 4 is 5.91 Å². The van der Waals surface area contributed by atoms with E-state index in [4.69, 9.17) is 5.73 Å². The molecule has 0 saturated carbocycles. The van der Waals surface area contributed by atoms with Gasteiger partial charge < -0.3 is 5.73 Å². The molecule has 0 aromatic carbocycles. The molecule has 0 aliphatic heterocycles. The lowest BCUT2D eigenvalue weighted by Gasteiger charge is -1.99. The molecule has 1 unspecified atom stereocenters. The molecule has 0 aromatic rings. The van der Waals surface area contributed by atoms with E-state index < -0.39 is 0 Å². The highest BCUT2D eigenvalue weighted by Gasteiger charge is 1.93. The first-order valence-electron chi connectivity index (χ1n) is 5.11. The molecule has 13 heavy (non-hydrogen) atoms. The van der Waals surface area contributed by atoms with Crippen LogP contribution in [0.3, 0.4) is 0 Å². The second-order valence-corrected chi connectivity index (χ2v) is 3.53. The summed E-state index contributed by atoms with van der Waals surface area (Å²) in [7, 11) is 0. The number of carbonyl (C=O) groups is 1. The van der Waals surface area contributed by atoms with Crippen LogP contribution < -0.4 is 5.73 Å². The Hall–Kier alpha value is -0.790. The molecule has 2 N–H and O–H groups in total. The van der Waals surface area contributed by atoms with Crippen LogP contribution in [0, 0.1) is 5.92 Å². The Kier molecular flexibility index (Phi) is 7.36. The van der Waals surface area contributed by atoms with Gasteiger partial charge in [-0.15, -0.1) is 0 Å². The zero-order valence-corrected chi connectivity index (χ0v) is 8.75. The third-order valence-electron chi connectivity index (χ3n) is 2.15. The van der Waals surface area contributed by atoms with Gasteiger partial charge in [0, 0.05) is 6.42 Å². The fourth-order valence-corrected chi connectivity index (χ4v) is 1.03. The van der Waals surface area contributed by atoms with Crippen molar-refractivity contribution in [3.8, 4) is 0 Å². The maximum Gasteiger partial charge on any atom is 0.217 e. The summed E-state index contributed by atoms with van der Waals surface area (Å²) in [6.07, 6.45) is 9.21. The van der Waals surface area contributed by atoms with E-state index in [-0.39, 0.29) is 5.91 Å². The first-order chi connectivity index (χ1) is 6.16. The third kappa shape index (κ3) is 9.12. The van der Waals surface area contributed by atoms with Crippen LogP contribution in [0.2, 0.25) is 0 Å². The van der Waals surface area contributed by atoms with E-state index in [2.05, 4.69) is 26.0 Å². The van der Waals surface area contributed by atoms with E-state index in [1.54, 1.807) is 0 Å². The Labute approximate surface area is 81.2 Å². The lowest BCUT2D eigenvalue weighted by atomic mass is 10.1. The molecule has 0 rings (SSSR count). The van der Waals surface area contributed by atoms with Crippen molar-refractivity contribution in [2.45, 2.75) is 46.0 Å². The van der Waals surface area contributed by atoms with Gasteiger partial charge in [0.05, 0.1) is 0 Å². The number of amides is 1. The van der Waals surface area contributed by atoms with Crippen molar-refractivity contribution in [1.82, 2.24) is 0 Å². The van der Waals surface area contributed by atoms with Crippen molar-refractivity contribution in [2.75, 3.05) is 0 Å².